The van der Waals surface area contributed by atoms with E-state index in [0.717, 1.165) is 18.5 Å². The minimum absolute atomic E-state index is 0.195. The molecule has 1 atom stereocenters. The Morgan fingerprint density at radius 2 is 2.29 bits per heavy atom. The summed E-state index contributed by atoms with van der Waals surface area (Å²) >= 11 is 0. The van der Waals surface area contributed by atoms with Crippen LogP contribution in [0.15, 0.2) is 18.2 Å². The van der Waals surface area contributed by atoms with Crippen LogP contribution in [0.1, 0.15) is 32.3 Å². The predicted octanol–water partition coefficient (Wildman–Crippen LogP) is 2.92. The number of hydrogen-bond donors (Lipinski definition) is 2. The van der Waals surface area contributed by atoms with Crippen molar-refractivity contribution >= 4 is 5.69 Å². The van der Waals surface area contributed by atoms with Gasteiger partial charge in [0.15, 0.2) is 0 Å². The van der Waals surface area contributed by atoms with Gasteiger partial charge in [-0.25, -0.2) is 0 Å². The van der Waals surface area contributed by atoms with E-state index < -0.39 is 0 Å². The van der Waals surface area contributed by atoms with E-state index in [2.05, 4.69) is 19.2 Å². The third-order valence-electron chi connectivity index (χ3n) is 3.26. The van der Waals surface area contributed by atoms with E-state index in [1.165, 1.54) is 12.0 Å². The van der Waals surface area contributed by atoms with E-state index in [1.54, 1.807) is 6.07 Å². The number of phenolic OH excluding ortho intramolecular Hbond substituents is 1. The molecule has 2 N–H and O–H groups in total. The fourth-order valence-corrected chi connectivity index (χ4v) is 1.96. The maximum Gasteiger partial charge on any atom is 0.117 e. The molecule has 1 aromatic carbocycles. The second-order valence-corrected chi connectivity index (χ2v) is 4.38. The Morgan fingerprint density at radius 1 is 1.50 bits per heavy atom. The van der Waals surface area contributed by atoms with Gasteiger partial charge in [0.05, 0.1) is 0 Å². The van der Waals surface area contributed by atoms with Crippen molar-refractivity contribution in [2.45, 2.75) is 38.6 Å². The van der Waals surface area contributed by atoms with Crippen LogP contribution in [0.2, 0.25) is 0 Å². The molecule has 0 aromatic heterocycles. The Kier molecular flexibility index (Phi) is 2.14. The van der Waals surface area contributed by atoms with E-state index in [4.69, 9.17) is 0 Å². The lowest BCUT2D eigenvalue weighted by Crippen LogP contribution is -2.37. The first-order valence-corrected chi connectivity index (χ1v) is 5.23. The topological polar surface area (TPSA) is 32.3 Å². The lowest BCUT2D eigenvalue weighted by molar-refractivity contribution is 0.440. The minimum atomic E-state index is 0.195. The minimum Gasteiger partial charge on any atom is -0.508 e. The molecule has 1 aromatic rings. The highest BCUT2D eigenvalue weighted by atomic mass is 16.3. The Hall–Kier alpha value is -1.18. The van der Waals surface area contributed by atoms with Crippen LogP contribution in [0.3, 0.4) is 0 Å². The molecule has 0 radical (unpaired) electrons. The molecule has 0 saturated heterocycles. The number of aromatic hydroxyl groups is 1. The zero-order valence-corrected chi connectivity index (χ0v) is 8.80. The van der Waals surface area contributed by atoms with Gasteiger partial charge in [-0.3, -0.25) is 0 Å². The Morgan fingerprint density at radius 3 is 3.00 bits per heavy atom. The van der Waals surface area contributed by atoms with Crippen molar-refractivity contribution in [3.63, 3.8) is 0 Å². The standard InChI is InChI=1S/C12H17NO/c1-3-12(2)7-6-9-4-5-10(14)8-11(9)13-12/h4-5,8,13-14H,3,6-7H2,1-2H3. The van der Waals surface area contributed by atoms with Crippen molar-refractivity contribution in [1.82, 2.24) is 0 Å². The number of hydrogen-bond acceptors (Lipinski definition) is 2. The number of phenols is 1. The lowest BCUT2D eigenvalue weighted by Gasteiger charge is -2.36. The quantitative estimate of drug-likeness (QED) is 0.715. The maximum absolute atomic E-state index is 9.39. The van der Waals surface area contributed by atoms with Crippen LogP contribution in [0, 0.1) is 0 Å². The average molecular weight is 191 g/mol. The molecular weight excluding hydrogens is 174 g/mol. The fraction of sp³-hybridized carbons (Fsp3) is 0.500. The zero-order valence-electron chi connectivity index (χ0n) is 8.80. The van der Waals surface area contributed by atoms with Crippen molar-refractivity contribution < 1.29 is 5.11 Å². The third kappa shape index (κ3) is 1.57. The molecule has 2 heteroatoms. The molecular formula is C12H17NO. The molecule has 14 heavy (non-hydrogen) atoms. The molecule has 2 nitrogen and oxygen atoms in total. The number of rotatable bonds is 1. The smallest absolute Gasteiger partial charge is 0.117 e. The molecule has 0 amide bonds. The normalized spacial score (nSPS) is 25.3. The van der Waals surface area contributed by atoms with Gasteiger partial charge in [-0.1, -0.05) is 13.0 Å². The summed E-state index contributed by atoms with van der Waals surface area (Å²) in [5.41, 5.74) is 2.61. The van der Waals surface area contributed by atoms with Crippen molar-refractivity contribution in [3.05, 3.63) is 23.8 Å². The third-order valence-corrected chi connectivity index (χ3v) is 3.26. The second kappa shape index (κ2) is 3.19. The summed E-state index contributed by atoms with van der Waals surface area (Å²) in [5.74, 6) is 0.344. The molecule has 1 unspecified atom stereocenters. The summed E-state index contributed by atoms with van der Waals surface area (Å²) < 4.78 is 0. The molecule has 1 aliphatic heterocycles. The summed E-state index contributed by atoms with van der Waals surface area (Å²) in [4.78, 5) is 0. The summed E-state index contributed by atoms with van der Waals surface area (Å²) in [6, 6.07) is 5.59. The average Bonchev–Trinajstić information content (AvgIpc) is 2.17. The van der Waals surface area contributed by atoms with Crippen LogP contribution in [-0.4, -0.2) is 10.6 Å². The van der Waals surface area contributed by atoms with Crippen LogP contribution in [0.5, 0.6) is 5.75 Å². The van der Waals surface area contributed by atoms with E-state index in [0.29, 0.717) is 5.75 Å². The first-order valence-electron chi connectivity index (χ1n) is 5.23. The molecule has 0 saturated carbocycles. The molecule has 1 heterocycles. The van der Waals surface area contributed by atoms with E-state index in [9.17, 15) is 5.11 Å². The molecule has 0 spiro atoms. The van der Waals surface area contributed by atoms with Gasteiger partial charge in [-0.15, -0.1) is 0 Å². The highest BCUT2D eigenvalue weighted by Gasteiger charge is 2.26. The van der Waals surface area contributed by atoms with E-state index in [-0.39, 0.29) is 5.54 Å². The number of benzene rings is 1. The fourth-order valence-electron chi connectivity index (χ4n) is 1.96. The van der Waals surface area contributed by atoms with Gasteiger partial charge in [-0.05, 0) is 37.8 Å². The Bertz CT molecular complexity index is 348. The predicted molar refractivity (Wildman–Crippen MR) is 58.7 cm³/mol. The number of aryl methyl sites for hydroxylation is 1. The summed E-state index contributed by atoms with van der Waals surface area (Å²) in [6.45, 7) is 4.43. The molecule has 76 valence electrons. The monoisotopic (exact) mass is 191 g/mol. The van der Waals surface area contributed by atoms with Crippen molar-refractivity contribution in [3.8, 4) is 5.75 Å². The molecule has 0 aliphatic carbocycles. The Labute approximate surface area is 85.0 Å². The molecule has 0 fully saturated rings. The van der Waals surface area contributed by atoms with Crippen LogP contribution in [0.25, 0.3) is 0 Å². The van der Waals surface area contributed by atoms with E-state index in [1.807, 2.05) is 12.1 Å². The maximum atomic E-state index is 9.39. The molecule has 0 bridgehead atoms. The summed E-state index contributed by atoms with van der Waals surface area (Å²) in [7, 11) is 0. The van der Waals surface area contributed by atoms with Crippen molar-refractivity contribution in [1.29, 1.82) is 0 Å². The van der Waals surface area contributed by atoms with Gasteiger partial charge in [0.2, 0.25) is 0 Å². The number of nitrogens with one attached hydrogen (secondary N) is 1. The van der Waals surface area contributed by atoms with Crippen molar-refractivity contribution in [2.24, 2.45) is 0 Å². The molecule has 2 rings (SSSR count). The van der Waals surface area contributed by atoms with Crippen molar-refractivity contribution in [2.75, 3.05) is 5.32 Å². The van der Waals surface area contributed by atoms with Crippen LogP contribution < -0.4 is 5.32 Å². The summed E-state index contributed by atoms with van der Waals surface area (Å²) in [6.07, 6.45) is 3.39. The second-order valence-electron chi connectivity index (χ2n) is 4.38. The largest absolute Gasteiger partial charge is 0.508 e. The SMILES string of the molecule is CCC1(C)CCc2ccc(O)cc2N1. The zero-order chi connectivity index (χ0) is 10.2. The number of fused-ring (bicyclic) bond motifs is 1. The molecule has 1 aliphatic rings. The van der Waals surface area contributed by atoms with Gasteiger partial charge >= 0.3 is 0 Å². The van der Waals surface area contributed by atoms with Gasteiger partial charge < -0.3 is 10.4 Å². The number of anilines is 1. The van der Waals surface area contributed by atoms with Gasteiger partial charge in [0.25, 0.3) is 0 Å². The first-order chi connectivity index (χ1) is 6.63. The van der Waals surface area contributed by atoms with Crippen LogP contribution in [-0.2, 0) is 6.42 Å². The van der Waals surface area contributed by atoms with Crippen LogP contribution >= 0.6 is 0 Å². The van der Waals surface area contributed by atoms with Gasteiger partial charge in [0, 0.05) is 17.3 Å². The highest BCUT2D eigenvalue weighted by molar-refractivity contribution is 5.58. The first kappa shape index (κ1) is 9.38. The van der Waals surface area contributed by atoms with Crippen LogP contribution in [0.4, 0.5) is 5.69 Å². The van der Waals surface area contributed by atoms with Gasteiger partial charge in [-0.2, -0.15) is 0 Å². The highest BCUT2D eigenvalue weighted by Crippen LogP contribution is 2.34. The van der Waals surface area contributed by atoms with Gasteiger partial charge in [0.1, 0.15) is 5.75 Å². The lowest BCUT2D eigenvalue weighted by atomic mass is 9.86. The summed E-state index contributed by atoms with van der Waals surface area (Å²) in [5, 5.41) is 12.9. The van der Waals surface area contributed by atoms with E-state index >= 15 is 0 Å². The Balaban J connectivity index is 2.33.